The van der Waals surface area contributed by atoms with Crippen molar-refractivity contribution >= 4 is 22.7 Å². The Morgan fingerprint density at radius 1 is 0.979 bits per heavy atom. The number of halogens is 8. The molecule has 0 saturated heterocycles. The zero-order valence-electron chi connectivity index (χ0n) is 25.9. The highest BCUT2D eigenvalue weighted by Crippen LogP contribution is 2.37. The lowest BCUT2D eigenvalue weighted by Crippen LogP contribution is -2.55. The molecule has 1 saturated carbocycles. The van der Waals surface area contributed by atoms with Gasteiger partial charge in [-0.2, -0.15) is 31.8 Å². The fraction of sp³-hybridized carbons (Fsp3) is 0.484. The number of hydrogen-bond acceptors (Lipinski definition) is 5. The van der Waals surface area contributed by atoms with E-state index in [2.05, 4.69) is 15.8 Å². The lowest BCUT2D eigenvalue weighted by Gasteiger charge is -2.28. The van der Waals surface area contributed by atoms with E-state index in [0.29, 0.717) is 48.6 Å². The molecule has 0 spiro atoms. The Bertz CT molecular complexity index is 1540. The fourth-order valence-electron chi connectivity index (χ4n) is 5.79. The molecule has 8 nitrogen and oxygen atoms in total. The summed E-state index contributed by atoms with van der Waals surface area (Å²) in [5.74, 6) is -1.23. The molecule has 1 aromatic heterocycles. The third-order valence-corrected chi connectivity index (χ3v) is 8.11. The standard InChI is InChI=1S/C31H37F8N7O/c1-3-44(16-19-6-4-5-7-19)28-21(12-25-26(33)14-24(32)15-27(25)42-28)18-45(29(40)43-46(41-2)8-9-47)17-20-10-22(30(34,35)36)13-23(11-20)31(37,38)39/h10-15,19,41,47H,3-9,16-18H2,1-2H3,(H2,40,43)/p+1. The van der Waals surface area contributed by atoms with Crippen molar-refractivity contribution in [1.82, 2.24) is 21.0 Å². The second kappa shape index (κ2) is 15.0. The Kier molecular flexibility index (Phi) is 11.5. The first-order valence-corrected chi connectivity index (χ1v) is 15.1. The molecule has 0 aliphatic heterocycles. The first-order chi connectivity index (χ1) is 22.1. The molecule has 16 heteroatoms. The quantitative estimate of drug-likeness (QED) is 0.0660. The number of pyridine rings is 1. The highest BCUT2D eigenvalue weighted by atomic mass is 19.4. The van der Waals surface area contributed by atoms with Crippen LogP contribution in [-0.2, 0) is 25.4 Å². The molecule has 258 valence electrons. The van der Waals surface area contributed by atoms with Crippen LogP contribution in [0.3, 0.4) is 0 Å². The van der Waals surface area contributed by atoms with Crippen LogP contribution in [0.2, 0.25) is 0 Å². The number of rotatable bonds is 12. The first-order valence-electron chi connectivity index (χ1n) is 15.1. The summed E-state index contributed by atoms with van der Waals surface area (Å²) in [6.07, 6.45) is -6.03. The molecule has 0 radical (unpaired) electrons. The highest BCUT2D eigenvalue weighted by molar-refractivity contribution is 5.82. The van der Waals surface area contributed by atoms with Gasteiger partial charge in [-0.1, -0.05) is 12.8 Å². The third-order valence-electron chi connectivity index (χ3n) is 8.11. The molecule has 1 aliphatic rings. The van der Waals surface area contributed by atoms with Gasteiger partial charge in [-0.25, -0.2) is 19.2 Å². The summed E-state index contributed by atoms with van der Waals surface area (Å²) in [6, 6.07) is 4.50. The Labute approximate surface area is 266 Å². The van der Waals surface area contributed by atoms with Crippen LogP contribution >= 0.6 is 0 Å². The third kappa shape index (κ3) is 9.20. The second-order valence-corrected chi connectivity index (χ2v) is 11.5. The van der Waals surface area contributed by atoms with Gasteiger partial charge in [0.05, 0.1) is 42.9 Å². The van der Waals surface area contributed by atoms with Gasteiger partial charge in [0, 0.05) is 43.2 Å². The van der Waals surface area contributed by atoms with Crippen molar-refractivity contribution in [2.75, 3.05) is 38.2 Å². The summed E-state index contributed by atoms with van der Waals surface area (Å²) in [5, 5.41) is 10.7. The minimum absolute atomic E-state index is 0.00260. The predicted molar refractivity (Wildman–Crippen MR) is 161 cm³/mol. The number of benzene rings is 2. The predicted octanol–water partition coefficient (Wildman–Crippen LogP) is 5.53. The average molecular weight is 677 g/mol. The van der Waals surface area contributed by atoms with Crippen LogP contribution in [0.15, 0.2) is 36.4 Å². The zero-order valence-corrected chi connectivity index (χ0v) is 25.9. The van der Waals surface area contributed by atoms with Crippen molar-refractivity contribution in [2.24, 2.45) is 11.7 Å². The Morgan fingerprint density at radius 3 is 2.17 bits per heavy atom. The number of guanidine groups is 1. The van der Waals surface area contributed by atoms with E-state index in [1.807, 2.05) is 11.8 Å². The summed E-state index contributed by atoms with van der Waals surface area (Å²) >= 11 is 0. The molecule has 2 aromatic carbocycles. The van der Waals surface area contributed by atoms with Crippen LogP contribution in [0.25, 0.3) is 10.9 Å². The SMILES string of the molecule is CCN(CC1CCCC1)c1nc2cc(F)cc(F)c2cc1C[N+](Cc1cc(C(F)(F)F)cc(C(F)(F)F)c1)=C(N)NN(CCO)NC. The van der Waals surface area contributed by atoms with Crippen LogP contribution in [0, 0.1) is 17.6 Å². The number of alkyl halides is 6. The smallest absolute Gasteiger partial charge is 0.395 e. The van der Waals surface area contributed by atoms with Crippen molar-refractivity contribution in [1.29, 1.82) is 0 Å². The summed E-state index contributed by atoms with van der Waals surface area (Å²) in [4.78, 5) is 6.58. The Hall–Kier alpha value is -3.76. The number of fused-ring (bicyclic) bond motifs is 1. The minimum Gasteiger partial charge on any atom is -0.395 e. The molecule has 47 heavy (non-hydrogen) atoms. The number of anilines is 1. The second-order valence-electron chi connectivity index (χ2n) is 11.5. The van der Waals surface area contributed by atoms with Crippen molar-refractivity contribution in [3.63, 3.8) is 0 Å². The van der Waals surface area contributed by atoms with Crippen LogP contribution < -0.4 is 21.5 Å². The van der Waals surface area contributed by atoms with E-state index in [1.165, 1.54) is 22.8 Å². The van der Waals surface area contributed by atoms with Crippen molar-refractivity contribution in [3.8, 4) is 0 Å². The number of aromatic nitrogens is 1. The highest BCUT2D eigenvalue weighted by Gasteiger charge is 2.37. The summed E-state index contributed by atoms with van der Waals surface area (Å²) < 4.78 is 113. The largest absolute Gasteiger partial charge is 0.416 e. The van der Waals surface area contributed by atoms with Gasteiger partial charge in [-0.15, -0.1) is 5.12 Å². The number of aliphatic hydroxyl groups is 1. The topological polar surface area (TPSA) is 92.7 Å². The van der Waals surface area contributed by atoms with E-state index in [0.717, 1.165) is 31.7 Å². The molecular formula is C31H38F8N7O+. The van der Waals surface area contributed by atoms with Gasteiger partial charge < -0.3 is 10.0 Å². The van der Waals surface area contributed by atoms with Crippen molar-refractivity contribution in [3.05, 3.63) is 70.3 Å². The normalized spacial score (nSPS) is 15.1. The molecule has 4 rings (SSSR count). The molecule has 1 fully saturated rings. The molecular weight excluding hydrogens is 638 g/mol. The first kappa shape index (κ1) is 36.1. The lowest BCUT2D eigenvalue weighted by molar-refractivity contribution is -0.563. The minimum atomic E-state index is -5.07. The van der Waals surface area contributed by atoms with Gasteiger partial charge in [-0.3, -0.25) is 10.3 Å². The van der Waals surface area contributed by atoms with Crippen molar-refractivity contribution < 1.29 is 44.8 Å². The summed E-state index contributed by atoms with van der Waals surface area (Å²) in [6.45, 7) is 1.82. The van der Waals surface area contributed by atoms with Crippen LogP contribution in [0.5, 0.6) is 0 Å². The maximum atomic E-state index is 15.0. The molecule has 0 amide bonds. The molecule has 0 unspecified atom stereocenters. The molecule has 0 atom stereocenters. The maximum absolute atomic E-state index is 15.0. The zero-order chi connectivity index (χ0) is 34.5. The number of nitrogens with one attached hydrogen (secondary N) is 2. The number of aliphatic hydroxyl groups excluding tert-OH is 1. The van der Waals surface area contributed by atoms with E-state index in [9.17, 15) is 35.8 Å². The molecule has 0 bridgehead atoms. The average Bonchev–Trinajstić information content (AvgIpc) is 3.51. The number of nitrogens with zero attached hydrogens (tertiary/aromatic N) is 4. The Morgan fingerprint density at radius 2 is 1.62 bits per heavy atom. The molecule has 3 aromatic rings. The van der Waals surface area contributed by atoms with E-state index in [-0.39, 0.29) is 48.2 Å². The van der Waals surface area contributed by atoms with Gasteiger partial charge in [0.25, 0.3) is 0 Å². The summed E-state index contributed by atoms with van der Waals surface area (Å²) in [5.41, 5.74) is 8.94. The van der Waals surface area contributed by atoms with Crippen LogP contribution in [-0.4, -0.2) is 59.0 Å². The van der Waals surface area contributed by atoms with Gasteiger partial charge in [0.15, 0.2) is 0 Å². The molecule has 1 aliphatic carbocycles. The molecule has 5 N–H and O–H groups in total. The van der Waals surface area contributed by atoms with E-state index in [4.69, 9.17) is 5.73 Å². The number of hydrazine groups is 2. The van der Waals surface area contributed by atoms with Gasteiger partial charge >= 0.3 is 18.3 Å². The maximum Gasteiger partial charge on any atom is 0.416 e. The van der Waals surface area contributed by atoms with Gasteiger partial charge in [-0.05, 0) is 55.5 Å². The Balaban J connectivity index is 1.88. The van der Waals surface area contributed by atoms with Crippen molar-refractivity contribution in [2.45, 2.75) is 58.0 Å². The number of hydrogen-bond donors (Lipinski definition) is 4. The fourth-order valence-corrected chi connectivity index (χ4v) is 5.79. The number of nitrogens with two attached hydrogens (primary N) is 1. The summed E-state index contributed by atoms with van der Waals surface area (Å²) in [7, 11) is 1.50. The van der Waals surface area contributed by atoms with Gasteiger partial charge in [0.1, 0.15) is 17.5 Å². The monoisotopic (exact) mass is 676 g/mol. The van der Waals surface area contributed by atoms with E-state index >= 15 is 4.39 Å². The van der Waals surface area contributed by atoms with E-state index < -0.39 is 41.7 Å². The lowest BCUT2D eigenvalue weighted by atomic mass is 10.0. The van der Waals surface area contributed by atoms with Gasteiger partial charge in [0.2, 0.25) is 0 Å². The van der Waals surface area contributed by atoms with Crippen LogP contribution in [0.1, 0.15) is 54.9 Å². The van der Waals surface area contributed by atoms with E-state index in [1.54, 1.807) is 0 Å². The van der Waals surface area contributed by atoms with Crippen LogP contribution in [0.4, 0.5) is 40.9 Å². The molecule has 1 heterocycles.